The second kappa shape index (κ2) is 8.66. The highest BCUT2D eigenvalue weighted by Gasteiger charge is 2.35. The molecule has 1 aromatic carbocycles. The Balaban J connectivity index is 1.94. The van der Waals surface area contributed by atoms with Crippen molar-refractivity contribution in [3.05, 3.63) is 57.3 Å². The molecule has 2 aromatic rings. The molecule has 0 bridgehead atoms. The van der Waals surface area contributed by atoms with Gasteiger partial charge in [0.1, 0.15) is 11.9 Å². The van der Waals surface area contributed by atoms with E-state index in [9.17, 15) is 9.59 Å². The molecule has 1 aliphatic rings. The number of nitrogens with zero attached hydrogens (tertiary/aromatic N) is 2. The van der Waals surface area contributed by atoms with E-state index in [-0.39, 0.29) is 30.4 Å². The molecule has 0 saturated carbocycles. The van der Waals surface area contributed by atoms with E-state index in [0.717, 1.165) is 17.5 Å². The number of alkyl halides is 1. The van der Waals surface area contributed by atoms with Crippen LogP contribution in [0.25, 0.3) is 0 Å². The summed E-state index contributed by atoms with van der Waals surface area (Å²) >= 11 is 7.77. The molecule has 0 N–H and O–H groups in total. The summed E-state index contributed by atoms with van der Waals surface area (Å²) in [6.07, 6.45) is 0.850. The highest BCUT2D eigenvalue weighted by molar-refractivity contribution is 7.10. The monoisotopic (exact) mass is 418 g/mol. The molecule has 1 aliphatic heterocycles. The van der Waals surface area contributed by atoms with Gasteiger partial charge in [-0.25, -0.2) is 0 Å². The predicted octanol–water partition coefficient (Wildman–Crippen LogP) is 4.39. The van der Waals surface area contributed by atoms with Crippen molar-refractivity contribution in [2.45, 2.75) is 51.6 Å². The Labute approximate surface area is 176 Å². The lowest BCUT2D eigenvalue weighted by atomic mass is 9.90. The fourth-order valence-corrected chi connectivity index (χ4v) is 4.82. The van der Waals surface area contributed by atoms with Gasteiger partial charge in [-0.2, -0.15) is 0 Å². The molecule has 150 valence electrons. The maximum atomic E-state index is 13.4. The highest BCUT2D eigenvalue weighted by atomic mass is 35.5. The van der Waals surface area contributed by atoms with Crippen LogP contribution in [0.3, 0.4) is 0 Å². The molecular weight excluding hydrogens is 392 g/mol. The van der Waals surface area contributed by atoms with Crippen LogP contribution in [0.1, 0.15) is 48.4 Å². The van der Waals surface area contributed by atoms with Gasteiger partial charge in [0.25, 0.3) is 0 Å². The Morgan fingerprint density at radius 3 is 2.57 bits per heavy atom. The van der Waals surface area contributed by atoms with Gasteiger partial charge < -0.3 is 9.80 Å². The molecule has 2 unspecified atom stereocenters. The summed E-state index contributed by atoms with van der Waals surface area (Å²) in [5.41, 5.74) is 3.51. The van der Waals surface area contributed by atoms with Gasteiger partial charge in [-0.1, -0.05) is 24.3 Å². The minimum atomic E-state index is -0.646. The molecule has 6 heteroatoms. The van der Waals surface area contributed by atoms with E-state index >= 15 is 0 Å². The van der Waals surface area contributed by atoms with Crippen molar-refractivity contribution in [2.75, 3.05) is 13.1 Å². The van der Waals surface area contributed by atoms with Crippen LogP contribution in [-0.4, -0.2) is 46.1 Å². The third-order valence-corrected chi connectivity index (χ3v) is 6.50. The zero-order chi connectivity index (χ0) is 20.4. The molecular formula is C22H27ClN2O2S. The van der Waals surface area contributed by atoms with Crippen LogP contribution >= 0.6 is 22.9 Å². The molecule has 1 aromatic heterocycles. The normalized spacial score (nSPS) is 17.4. The van der Waals surface area contributed by atoms with Gasteiger partial charge in [0.15, 0.2) is 0 Å². The van der Waals surface area contributed by atoms with Crippen molar-refractivity contribution < 1.29 is 9.59 Å². The molecule has 0 fully saturated rings. The Morgan fingerprint density at radius 1 is 1.21 bits per heavy atom. The first-order valence-corrected chi connectivity index (χ1v) is 11.0. The topological polar surface area (TPSA) is 40.6 Å². The number of benzene rings is 1. The van der Waals surface area contributed by atoms with Crippen LogP contribution in [0.2, 0.25) is 0 Å². The molecule has 0 spiro atoms. The average Bonchev–Trinajstić information content (AvgIpc) is 3.13. The fraction of sp³-hybridized carbons (Fsp3) is 0.455. The lowest BCUT2D eigenvalue weighted by molar-refractivity contribution is -0.142. The summed E-state index contributed by atoms with van der Waals surface area (Å²) in [5.74, 6) is -0.241. The van der Waals surface area contributed by atoms with E-state index in [1.807, 2.05) is 30.9 Å². The summed E-state index contributed by atoms with van der Waals surface area (Å²) in [6, 6.07) is 10.1. The number of halogens is 1. The molecule has 2 amide bonds. The second-order valence-corrected chi connectivity index (χ2v) is 9.23. The zero-order valence-electron chi connectivity index (χ0n) is 16.8. The number of aryl methyl sites for hydroxylation is 1. The minimum Gasteiger partial charge on any atom is -0.330 e. The quantitative estimate of drug-likeness (QED) is 0.675. The number of carbonyl (C=O) groups is 2. The van der Waals surface area contributed by atoms with E-state index in [0.29, 0.717) is 6.54 Å². The van der Waals surface area contributed by atoms with Crippen LogP contribution < -0.4 is 0 Å². The highest BCUT2D eigenvalue weighted by Crippen LogP contribution is 2.39. The average molecular weight is 419 g/mol. The third kappa shape index (κ3) is 4.11. The van der Waals surface area contributed by atoms with E-state index in [4.69, 9.17) is 11.6 Å². The van der Waals surface area contributed by atoms with E-state index in [1.165, 1.54) is 10.4 Å². The lowest BCUT2D eigenvalue weighted by Gasteiger charge is -2.39. The van der Waals surface area contributed by atoms with E-state index in [2.05, 4.69) is 30.5 Å². The zero-order valence-corrected chi connectivity index (χ0v) is 18.4. The van der Waals surface area contributed by atoms with Crippen LogP contribution in [0.5, 0.6) is 0 Å². The number of rotatable bonds is 5. The fourth-order valence-electron chi connectivity index (χ4n) is 3.79. The summed E-state index contributed by atoms with van der Waals surface area (Å²) in [5, 5.41) is 1.45. The van der Waals surface area contributed by atoms with E-state index < -0.39 is 5.38 Å². The van der Waals surface area contributed by atoms with Crippen molar-refractivity contribution in [2.24, 2.45) is 0 Å². The van der Waals surface area contributed by atoms with Crippen molar-refractivity contribution in [1.82, 2.24) is 9.80 Å². The SMILES string of the molecule is Cc1ccccc1C1c2ccsc2CCN1C(=O)CN(C(=O)C(C)Cl)C(C)C. The van der Waals surface area contributed by atoms with Crippen molar-refractivity contribution >= 4 is 34.8 Å². The molecule has 2 heterocycles. The van der Waals surface area contributed by atoms with Gasteiger partial charge in [0.05, 0.1) is 6.04 Å². The summed E-state index contributed by atoms with van der Waals surface area (Å²) in [6.45, 7) is 8.26. The number of hydrogen-bond donors (Lipinski definition) is 0. The molecule has 28 heavy (non-hydrogen) atoms. The largest absolute Gasteiger partial charge is 0.330 e. The summed E-state index contributed by atoms with van der Waals surface area (Å²) in [7, 11) is 0. The second-order valence-electron chi connectivity index (χ2n) is 7.57. The number of fused-ring (bicyclic) bond motifs is 1. The van der Waals surface area contributed by atoms with Gasteiger partial charge >= 0.3 is 0 Å². The smallest absolute Gasteiger partial charge is 0.243 e. The van der Waals surface area contributed by atoms with Gasteiger partial charge in [-0.15, -0.1) is 22.9 Å². The molecule has 0 saturated heterocycles. The minimum absolute atomic E-state index is 0.0375. The maximum Gasteiger partial charge on any atom is 0.243 e. The number of thiophene rings is 1. The molecule has 4 nitrogen and oxygen atoms in total. The molecule has 3 rings (SSSR count). The third-order valence-electron chi connectivity index (χ3n) is 5.32. The standard InChI is InChI=1S/C22H27ClN2O2S/c1-14(2)25(22(27)16(4)23)13-20(26)24-11-9-19-18(10-12-28-19)21(24)17-8-6-5-7-15(17)3/h5-8,10,12,14,16,21H,9,11,13H2,1-4H3. The van der Waals surface area contributed by atoms with Crippen molar-refractivity contribution in [1.29, 1.82) is 0 Å². The lowest BCUT2D eigenvalue weighted by Crippen LogP contribution is -2.50. The van der Waals surface area contributed by atoms with Crippen LogP contribution in [0.15, 0.2) is 35.7 Å². The van der Waals surface area contributed by atoms with Gasteiger partial charge in [0, 0.05) is 17.5 Å². The van der Waals surface area contributed by atoms with Crippen molar-refractivity contribution in [3.8, 4) is 0 Å². The van der Waals surface area contributed by atoms with Crippen LogP contribution in [0.4, 0.5) is 0 Å². The first kappa shape index (κ1) is 20.9. The summed E-state index contributed by atoms with van der Waals surface area (Å²) < 4.78 is 0. The molecule has 0 radical (unpaired) electrons. The van der Waals surface area contributed by atoms with Crippen LogP contribution in [-0.2, 0) is 16.0 Å². The van der Waals surface area contributed by atoms with Crippen molar-refractivity contribution in [3.63, 3.8) is 0 Å². The Hall–Kier alpha value is -1.85. The number of carbonyl (C=O) groups excluding carboxylic acids is 2. The van der Waals surface area contributed by atoms with Gasteiger partial charge in [-0.3, -0.25) is 9.59 Å². The summed E-state index contributed by atoms with van der Waals surface area (Å²) in [4.78, 5) is 30.7. The van der Waals surface area contributed by atoms with E-state index in [1.54, 1.807) is 23.2 Å². The number of hydrogen-bond acceptors (Lipinski definition) is 3. The Kier molecular flexibility index (Phi) is 6.46. The molecule has 2 atom stereocenters. The maximum absolute atomic E-state index is 13.4. The Morgan fingerprint density at radius 2 is 1.93 bits per heavy atom. The first-order chi connectivity index (χ1) is 13.3. The number of amides is 2. The van der Waals surface area contributed by atoms with Gasteiger partial charge in [0.2, 0.25) is 11.8 Å². The van der Waals surface area contributed by atoms with Gasteiger partial charge in [-0.05, 0) is 62.3 Å². The predicted molar refractivity (Wildman–Crippen MR) is 115 cm³/mol. The van der Waals surface area contributed by atoms with Crippen LogP contribution in [0, 0.1) is 6.92 Å². The molecule has 0 aliphatic carbocycles. The first-order valence-electron chi connectivity index (χ1n) is 9.67. The Bertz CT molecular complexity index is 862.